The molecule has 0 unspecified atom stereocenters. The lowest BCUT2D eigenvalue weighted by Gasteiger charge is -2.30. The summed E-state index contributed by atoms with van der Waals surface area (Å²) < 4.78 is 0. The smallest absolute Gasteiger partial charge is 0.282 e. The number of rotatable bonds is 6. The topological polar surface area (TPSA) is 72.2 Å². The minimum Gasteiger partial charge on any atom is -0.346 e. The van der Waals surface area contributed by atoms with E-state index in [1.807, 2.05) is 13.8 Å². The Hall–Kier alpha value is -1.43. The fourth-order valence-electron chi connectivity index (χ4n) is 1.78. The Morgan fingerprint density at radius 1 is 1.37 bits per heavy atom. The quantitative estimate of drug-likeness (QED) is 0.494. The fourth-order valence-corrected chi connectivity index (χ4v) is 2.72. The van der Waals surface area contributed by atoms with Crippen LogP contribution in [-0.4, -0.2) is 21.7 Å². The summed E-state index contributed by atoms with van der Waals surface area (Å²) in [5, 5.41) is 14.4. The first kappa shape index (κ1) is 15.6. The molecule has 0 heterocycles. The molecule has 1 aromatic rings. The van der Waals surface area contributed by atoms with E-state index in [0.717, 1.165) is 12.8 Å². The normalized spacial score (nSPS) is 11.1. The zero-order valence-electron chi connectivity index (χ0n) is 11.0. The average molecular weight is 329 g/mol. The van der Waals surface area contributed by atoms with Crippen LogP contribution >= 0.6 is 15.9 Å². The zero-order chi connectivity index (χ0) is 14.5. The van der Waals surface area contributed by atoms with Gasteiger partial charge in [0.15, 0.2) is 0 Å². The van der Waals surface area contributed by atoms with Crippen molar-refractivity contribution < 1.29 is 9.72 Å². The Morgan fingerprint density at radius 3 is 2.42 bits per heavy atom. The van der Waals surface area contributed by atoms with Crippen LogP contribution in [0.5, 0.6) is 0 Å². The maximum Gasteiger partial charge on any atom is 0.282 e. The molecule has 0 saturated carbocycles. The van der Waals surface area contributed by atoms with Crippen LogP contribution in [0, 0.1) is 10.1 Å². The van der Waals surface area contributed by atoms with Crippen LogP contribution in [0.4, 0.5) is 5.69 Å². The number of para-hydroxylation sites is 1. The summed E-state index contributed by atoms with van der Waals surface area (Å²) >= 11 is 3.39. The highest BCUT2D eigenvalue weighted by molar-refractivity contribution is 9.09. The molecule has 1 N–H and O–H groups in total. The number of carbonyl (C=O) groups is 1. The SMILES string of the molecule is CCC(CC)(CBr)NC(=O)c1ccccc1[N+](=O)[O-]. The van der Waals surface area contributed by atoms with E-state index in [4.69, 9.17) is 0 Å². The van der Waals surface area contributed by atoms with Gasteiger partial charge in [-0.2, -0.15) is 0 Å². The number of benzene rings is 1. The third-order valence-corrected chi connectivity index (χ3v) is 4.41. The molecule has 19 heavy (non-hydrogen) atoms. The second kappa shape index (κ2) is 6.65. The Balaban J connectivity index is 3.05. The predicted molar refractivity (Wildman–Crippen MR) is 77.7 cm³/mol. The Bertz CT molecular complexity index is 464. The second-order valence-corrected chi connectivity index (χ2v) is 4.91. The summed E-state index contributed by atoms with van der Waals surface area (Å²) in [6, 6.07) is 5.97. The summed E-state index contributed by atoms with van der Waals surface area (Å²) in [4.78, 5) is 22.6. The van der Waals surface area contributed by atoms with E-state index >= 15 is 0 Å². The molecule has 5 nitrogen and oxygen atoms in total. The molecule has 104 valence electrons. The monoisotopic (exact) mass is 328 g/mol. The van der Waals surface area contributed by atoms with Gasteiger partial charge in [0.2, 0.25) is 0 Å². The summed E-state index contributed by atoms with van der Waals surface area (Å²) in [5.41, 5.74) is -0.448. The molecular formula is C13H17BrN2O3. The van der Waals surface area contributed by atoms with Crippen LogP contribution in [0.1, 0.15) is 37.0 Å². The van der Waals surface area contributed by atoms with Crippen LogP contribution in [0.3, 0.4) is 0 Å². The van der Waals surface area contributed by atoms with Gasteiger partial charge < -0.3 is 5.32 Å². The second-order valence-electron chi connectivity index (χ2n) is 4.35. The van der Waals surface area contributed by atoms with Crippen LogP contribution in [0.15, 0.2) is 24.3 Å². The van der Waals surface area contributed by atoms with Crippen molar-refractivity contribution in [2.75, 3.05) is 5.33 Å². The minimum atomic E-state index is -0.539. The number of nitrogens with zero attached hydrogens (tertiary/aromatic N) is 1. The van der Waals surface area contributed by atoms with Gasteiger partial charge in [0.1, 0.15) is 5.56 Å². The highest BCUT2D eigenvalue weighted by Gasteiger charge is 2.29. The Kier molecular flexibility index (Phi) is 5.47. The van der Waals surface area contributed by atoms with E-state index in [-0.39, 0.29) is 16.8 Å². The lowest BCUT2D eigenvalue weighted by molar-refractivity contribution is -0.385. The van der Waals surface area contributed by atoms with Crippen LogP contribution in [-0.2, 0) is 0 Å². The van der Waals surface area contributed by atoms with E-state index in [9.17, 15) is 14.9 Å². The largest absolute Gasteiger partial charge is 0.346 e. The fraction of sp³-hybridized carbons (Fsp3) is 0.462. The lowest BCUT2D eigenvalue weighted by Crippen LogP contribution is -2.49. The first-order valence-corrected chi connectivity index (χ1v) is 7.23. The van der Waals surface area contributed by atoms with Crippen molar-refractivity contribution in [3.63, 3.8) is 0 Å². The van der Waals surface area contributed by atoms with E-state index in [1.54, 1.807) is 12.1 Å². The number of alkyl halides is 1. The highest BCUT2D eigenvalue weighted by atomic mass is 79.9. The van der Waals surface area contributed by atoms with Crippen molar-refractivity contribution in [1.29, 1.82) is 0 Å². The summed E-state index contributed by atoms with van der Waals surface area (Å²) in [7, 11) is 0. The molecule has 0 spiro atoms. The van der Waals surface area contributed by atoms with Crippen molar-refractivity contribution in [2.45, 2.75) is 32.2 Å². The van der Waals surface area contributed by atoms with Gasteiger partial charge in [-0.25, -0.2) is 0 Å². The summed E-state index contributed by atoms with van der Waals surface area (Å²) in [6.07, 6.45) is 1.50. The number of amides is 1. The van der Waals surface area contributed by atoms with Crippen molar-refractivity contribution in [2.24, 2.45) is 0 Å². The lowest BCUT2D eigenvalue weighted by atomic mass is 9.95. The summed E-state index contributed by atoms with van der Waals surface area (Å²) in [6.45, 7) is 3.95. The van der Waals surface area contributed by atoms with Crippen LogP contribution in [0.2, 0.25) is 0 Å². The third kappa shape index (κ3) is 3.53. The van der Waals surface area contributed by atoms with Gasteiger partial charge in [-0.05, 0) is 18.9 Å². The average Bonchev–Trinajstić information content (AvgIpc) is 2.44. The molecule has 0 saturated heterocycles. The Morgan fingerprint density at radius 2 is 1.95 bits per heavy atom. The molecule has 0 aliphatic rings. The van der Waals surface area contributed by atoms with Gasteiger partial charge in [-0.15, -0.1) is 0 Å². The molecule has 1 aromatic carbocycles. The van der Waals surface area contributed by atoms with Crippen LogP contribution in [0.25, 0.3) is 0 Å². The number of halogens is 1. The molecule has 0 aromatic heterocycles. The van der Waals surface area contributed by atoms with Crippen molar-refractivity contribution in [1.82, 2.24) is 5.32 Å². The number of hydrogen-bond acceptors (Lipinski definition) is 3. The Labute approximate surface area is 120 Å². The van der Waals surface area contributed by atoms with Crippen molar-refractivity contribution >= 4 is 27.5 Å². The maximum atomic E-state index is 12.2. The van der Waals surface area contributed by atoms with Gasteiger partial charge >= 0.3 is 0 Å². The molecule has 1 amide bonds. The molecule has 0 fully saturated rings. The highest BCUT2D eigenvalue weighted by Crippen LogP contribution is 2.22. The number of hydrogen-bond donors (Lipinski definition) is 1. The van der Waals surface area contributed by atoms with Crippen molar-refractivity contribution in [3.05, 3.63) is 39.9 Å². The molecule has 0 bridgehead atoms. The van der Waals surface area contributed by atoms with Gasteiger partial charge in [0.25, 0.3) is 11.6 Å². The van der Waals surface area contributed by atoms with Gasteiger partial charge in [-0.1, -0.05) is 41.9 Å². The molecule has 6 heteroatoms. The predicted octanol–water partition coefficient (Wildman–Crippen LogP) is 3.28. The van der Waals surface area contributed by atoms with E-state index in [1.165, 1.54) is 12.1 Å². The summed E-state index contributed by atoms with van der Waals surface area (Å²) in [5.74, 6) is -0.407. The van der Waals surface area contributed by atoms with E-state index < -0.39 is 10.8 Å². The van der Waals surface area contributed by atoms with E-state index in [2.05, 4.69) is 21.2 Å². The third-order valence-electron chi connectivity index (χ3n) is 3.33. The van der Waals surface area contributed by atoms with Gasteiger partial charge in [-0.3, -0.25) is 14.9 Å². The molecule has 0 aliphatic heterocycles. The first-order chi connectivity index (χ1) is 8.99. The zero-order valence-corrected chi connectivity index (χ0v) is 12.6. The van der Waals surface area contributed by atoms with Crippen molar-refractivity contribution in [3.8, 4) is 0 Å². The minimum absolute atomic E-state index is 0.0970. The molecule has 0 aliphatic carbocycles. The number of carbonyl (C=O) groups excluding carboxylic acids is 1. The number of nitro benzene ring substituents is 1. The van der Waals surface area contributed by atoms with Crippen LogP contribution < -0.4 is 5.32 Å². The van der Waals surface area contributed by atoms with Gasteiger partial charge in [0.05, 0.1) is 4.92 Å². The maximum absolute atomic E-state index is 12.2. The number of nitro groups is 1. The molecule has 1 rings (SSSR count). The van der Waals surface area contributed by atoms with Gasteiger partial charge in [0, 0.05) is 16.9 Å². The number of nitrogens with one attached hydrogen (secondary N) is 1. The molecular weight excluding hydrogens is 312 g/mol. The van der Waals surface area contributed by atoms with E-state index in [0.29, 0.717) is 5.33 Å². The molecule has 0 radical (unpaired) electrons. The standard InChI is InChI=1S/C13H17BrN2O3/c1-3-13(4-2,9-14)15-12(17)10-7-5-6-8-11(10)16(18)19/h5-8H,3-4,9H2,1-2H3,(H,15,17). The first-order valence-electron chi connectivity index (χ1n) is 6.11. The molecule has 0 atom stereocenters.